The van der Waals surface area contributed by atoms with Crippen molar-refractivity contribution in [2.24, 2.45) is 0 Å². The molecule has 98 valence electrons. The summed E-state index contributed by atoms with van der Waals surface area (Å²) in [5.41, 5.74) is 1.33. The van der Waals surface area contributed by atoms with Crippen molar-refractivity contribution >= 4 is 29.3 Å². The van der Waals surface area contributed by atoms with Gasteiger partial charge >= 0.3 is 12.0 Å². The number of nitrogens with one attached hydrogen (secondary N) is 2. The van der Waals surface area contributed by atoms with Crippen LogP contribution in [0.4, 0.5) is 10.5 Å². The number of benzene rings is 1. The lowest BCUT2D eigenvalue weighted by atomic mass is 10.2. The molecule has 0 saturated heterocycles. The van der Waals surface area contributed by atoms with Crippen LogP contribution < -0.4 is 10.6 Å². The molecule has 2 amide bonds. The average molecular weight is 273 g/mol. The Morgan fingerprint density at radius 1 is 1.44 bits per heavy atom. The van der Waals surface area contributed by atoms with Crippen LogP contribution in [0.15, 0.2) is 18.2 Å². The molecule has 7 heteroatoms. The summed E-state index contributed by atoms with van der Waals surface area (Å²) in [5, 5.41) is 22.6. The van der Waals surface area contributed by atoms with Gasteiger partial charge in [-0.15, -0.1) is 0 Å². The molecular weight excluding hydrogens is 260 g/mol. The van der Waals surface area contributed by atoms with E-state index in [0.29, 0.717) is 10.7 Å². The minimum Gasteiger partial charge on any atom is -0.479 e. The minimum absolute atomic E-state index is 0.374. The van der Waals surface area contributed by atoms with Crippen molar-refractivity contribution in [3.8, 4) is 0 Å². The van der Waals surface area contributed by atoms with Gasteiger partial charge in [-0.25, -0.2) is 9.59 Å². The van der Waals surface area contributed by atoms with Gasteiger partial charge in [0.15, 0.2) is 6.10 Å². The number of aliphatic hydroxyl groups is 1. The van der Waals surface area contributed by atoms with E-state index >= 15 is 0 Å². The van der Waals surface area contributed by atoms with E-state index in [4.69, 9.17) is 21.8 Å². The first kappa shape index (κ1) is 14.3. The van der Waals surface area contributed by atoms with Crippen LogP contribution in [0.3, 0.4) is 0 Å². The number of carboxylic acid groups (broad SMARTS) is 1. The van der Waals surface area contributed by atoms with Gasteiger partial charge in [0.25, 0.3) is 0 Å². The predicted octanol–water partition coefficient (Wildman–Crippen LogP) is 1.22. The summed E-state index contributed by atoms with van der Waals surface area (Å²) >= 11 is 5.78. The molecule has 1 unspecified atom stereocenters. The number of carbonyl (C=O) groups excluding carboxylic acids is 1. The monoisotopic (exact) mass is 272 g/mol. The summed E-state index contributed by atoms with van der Waals surface area (Å²) in [5.74, 6) is -1.39. The summed E-state index contributed by atoms with van der Waals surface area (Å²) in [4.78, 5) is 21.8. The zero-order valence-corrected chi connectivity index (χ0v) is 10.4. The second-order valence-corrected chi connectivity index (χ2v) is 4.08. The van der Waals surface area contributed by atoms with Gasteiger partial charge in [-0.2, -0.15) is 0 Å². The highest BCUT2D eigenvalue weighted by Gasteiger charge is 2.14. The Morgan fingerprint density at radius 3 is 2.72 bits per heavy atom. The number of hydrogen-bond donors (Lipinski definition) is 4. The zero-order valence-electron chi connectivity index (χ0n) is 9.61. The number of halogens is 1. The third-order valence-electron chi connectivity index (χ3n) is 2.19. The molecule has 1 atom stereocenters. The number of anilines is 1. The van der Waals surface area contributed by atoms with Crippen LogP contribution >= 0.6 is 11.6 Å². The van der Waals surface area contributed by atoms with Crippen molar-refractivity contribution in [2.45, 2.75) is 13.0 Å². The van der Waals surface area contributed by atoms with Crippen molar-refractivity contribution in [2.75, 3.05) is 11.9 Å². The SMILES string of the molecule is Cc1ccc(Cl)cc1NC(=O)NCC(O)C(=O)O. The second kappa shape index (κ2) is 6.23. The molecule has 0 saturated carbocycles. The van der Waals surface area contributed by atoms with Crippen molar-refractivity contribution in [1.29, 1.82) is 0 Å². The highest BCUT2D eigenvalue weighted by atomic mass is 35.5. The van der Waals surface area contributed by atoms with Gasteiger partial charge in [-0.3, -0.25) is 0 Å². The number of aryl methyl sites for hydroxylation is 1. The highest BCUT2D eigenvalue weighted by Crippen LogP contribution is 2.19. The first-order chi connectivity index (χ1) is 8.40. The second-order valence-electron chi connectivity index (χ2n) is 3.65. The normalized spacial score (nSPS) is 11.7. The molecule has 4 N–H and O–H groups in total. The topological polar surface area (TPSA) is 98.7 Å². The van der Waals surface area contributed by atoms with E-state index < -0.39 is 18.1 Å². The van der Waals surface area contributed by atoms with E-state index in [2.05, 4.69) is 10.6 Å². The van der Waals surface area contributed by atoms with E-state index in [1.54, 1.807) is 25.1 Å². The molecule has 0 fully saturated rings. The summed E-state index contributed by atoms with van der Waals surface area (Å²) in [7, 11) is 0. The summed E-state index contributed by atoms with van der Waals surface area (Å²) in [6, 6.07) is 4.39. The highest BCUT2D eigenvalue weighted by molar-refractivity contribution is 6.31. The first-order valence-electron chi connectivity index (χ1n) is 5.12. The molecule has 0 bridgehead atoms. The molecule has 0 aliphatic heterocycles. The maximum absolute atomic E-state index is 11.4. The summed E-state index contributed by atoms with van der Waals surface area (Å²) in [6.45, 7) is 1.42. The van der Waals surface area contributed by atoms with Gasteiger partial charge in [0, 0.05) is 10.7 Å². The molecule has 0 radical (unpaired) electrons. The molecule has 0 aliphatic carbocycles. The largest absolute Gasteiger partial charge is 0.479 e. The Morgan fingerprint density at radius 2 is 2.11 bits per heavy atom. The molecule has 1 rings (SSSR count). The van der Waals surface area contributed by atoms with E-state index in [1.807, 2.05) is 0 Å². The maximum atomic E-state index is 11.4. The Kier molecular flexibility index (Phi) is 4.94. The van der Waals surface area contributed by atoms with Gasteiger partial charge < -0.3 is 20.8 Å². The lowest BCUT2D eigenvalue weighted by Crippen LogP contribution is -2.38. The van der Waals surface area contributed by atoms with Crippen LogP contribution in [0, 0.1) is 6.92 Å². The predicted molar refractivity (Wildman–Crippen MR) is 66.9 cm³/mol. The molecule has 18 heavy (non-hydrogen) atoms. The van der Waals surface area contributed by atoms with E-state index in [1.165, 1.54) is 0 Å². The average Bonchev–Trinajstić information content (AvgIpc) is 2.30. The van der Waals surface area contributed by atoms with Gasteiger partial charge in [0.2, 0.25) is 0 Å². The number of hydrogen-bond acceptors (Lipinski definition) is 3. The molecular formula is C11H13ClN2O4. The van der Waals surface area contributed by atoms with Crippen molar-refractivity contribution in [3.63, 3.8) is 0 Å². The van der Waals surface area contributed by atoms with Crippen molar-refractivity contribution in [1.82, 2.24) is 5.32 Å². The molecule has 6 nitrogen and oxygen atoms in total. The Balaban J connectivity index is 2.54. The Bertz CT molecular complexity index is 464. The molecule has 0 aromatic heterocycles. The summed E-state index contributed by atoms with van der Waals surface area (Å²) in [6.07, 6.45) is -1.63. The molecule has 0 aliphatic rings. The fourth-order valence-electron chi connectivity index (χ4n) is 1.17. The standard InChI is InChI=1S/C11H13ClN2O4/c1-6-2-3-7(12)4-8(6)14-11(18)13-5-9(15)10(16)17/h2-4,9,15H,5H2,1H3,(H,16,17)(H2,13,14,18). The van der Waals surface area contributed by atoms with E-state index in [9.17, 15) is 9.59 Å². The lowest BCUT2D eigenvalue weighted by Gasteiger charge is -2.11. The Labute approximate surface area is 109 Å². The third-order valence-corrected chi connectivity index (χ3v) is 2.42. The minimum atomic E-state index is -1.63. The molecule has 0 heterocycles. The van der Waals surface area contributed by atoms with E-state index in [-0.39, 0.29) is 6.54 Å². The summed E-state index contributed by atoms with van der Waals surface area (Å²) < 4.78 is 0. The van der Waals surface area contributed by atoms with Gasteiger partial charge in [-0.1, -0.05) is 17.7 Å². The van der Waals surface area contributed by atoms with Crippen LogP contribution in [-0.2, 0) is 4.79 Å². The lowest BCUT2D eigenvalue weighted by molar-refractivity contribution is -0.146. The van der Waals surface area contributed by atoms with Crippen LogP contribution in [0.25, 0.3) is 0 Å². The zero-order chi connectivity index (χ0) is 13.7. The molecule has 1 aromatic rings. The number of rotatable bonds is 4. The smallest absolute Gasteiger partial charge is 0.334 e. The van der Waals surface area contributed by atoms with E-state index in [0.717, 1.165) is 5.56 Å². The van der Waals surface area contributed by atoms with Crippen LogP contribution in [0.1, 0.15) is 5.56 Å². The van der Waals surface area contributed by atoms with Crippen molar-refractivity contribution < 1.29 is 19.8 Å². The number of carbonyl (C=O) groups is 2. The molecule has 0 spiro atoms. The van der Waals surface area contributed by atoms with Gasteiger partial charge in [0.05, 0.1) is 6.54 Å². The van der Waals surface area contributed by atoms with Gasteiger partial charge in [-0.05, 0) is 24.6 Å². The van der Waals surface area contributed by atoms with Crippen molar-refractivity contribution in [3.05, 3.63) is 28.8 Å². The fourth-order valence-corrected chi connectivity index (χ4v) is 1.34. The number of aliphatic hydroxyl groups excluding tert-OH is 1. The number of urea groups is 1. The first-order valence-corrected chi connectivity index (χ1v) is 5.50. The van der Waals surface area contributed by atoms with Crippen LogP contribution in [0.5, 0.6) is 0 Å². The molecule has 1 aromatic carbocycles. The maximum Gasteiger partial charge on any atom is 0.334 e. The number of aliphatic carboxylic acids is 1. The third kappa shape index (κ3) is 4.23. The number of amides is 2. The quantitative estimate of drug-likeness (QED) is 0.662. The Hall–Kier alpha value is -1.79. The fraction of sp³-hybridized carbons (Fsp3) is 0.273. The van der Waals surface area contributed by atoms with Crippen LogP contribution in [0.2, 0.25) is 5.02 Å². The number of carboxylic acids is 1. The van der Waals surface area contributed by atoms with Gasteiger partial charge in [0.1, 0.15) is 0 Å². The van der Waals surface area contributed by atoms with Crippen LogP contribution in [-0.4, -0.2) is 34.9 Å².